The first-order valence-electron chi connectivity index (χ1n) is 17.9. The molecule has 9 aromatic rings. The fourth-order valence-corrected chi connectivity index (χ4v) is 9.26. The number of hydrogen-bond donors (Lipinski definition) is 0. The third kappa shape index (κ3) is 4.96. The van der Waals surface area contributed by atoms with Crippen LogP contribution in [0.5, 0.6) is 23.0 Å². The molecule has 0 fully saturated rings. The number of fused-ring (bicyclic) bond motifs is 7. The molecule has 0 saturated heterocycles. The van der Waals surface area contributed by atoms with E-state index in [0.29, 0.717) is 0 Å². The quantitative estimate of drug-likeness (QED) is 0.167. The molecule has 0 atom stereocenters. The first-order chi connectivity index (χ1) is 26.2. The predicted octanol–water partition coefficient (Wildman–Crippen LogP) is 11.6. The normalized spacial score (nSPS) is 12.4. The summed E-state index contributed by atoms with van der Waals surface area (Å²) in [6, 6.07) is 64.9. The average molecular weight is 696 g/mol. The first-order valence-corrected chi connectivity index (χ1v) is 18.8. The Balaban J connectivity index is 1.04. The van der Waals surface area contributed by atoms with Crippen molar-refractivity contribution < 1.29 is 9.47 Å². The van der Waals surface area contributed by atoms with Gasteiger partial charge in [-0.05, 0) is 99.9 Å². The van der Waals surface area contributed by atoms with Crippen molar-refractivity contribution in [2.24, 2.45) is 0 Å². The maximum Gasteiger partial charge on any atom is 0.260 e. The lowest BCUT2D eigenvalue weighted by molar-refractivity contribution is 0.465. The number of para-hydroxylation sites is 1. The van der Waals surface area contributed by atoms with Gasteiger partial charge in [0.05, 0.1) is 0 Å². The van der Waals surface area contributed by atoms with E-state index >= 15 is 0 Å². The lowest BCUT2D eigenvalue weighted by atomic mass is 9.35. The van der Waals surface area contributed by atoms with Crippen molar-refractivity contribution in [3.63, 3.8) is 0 Å². The number of nitrogens with zero attached hydrogens (tertiary/aromatic N) is 1. The van der Waals surface area contributed by atoms with Gasteiger partial charge in [-0.3, -0.25) is 0 Å². The van der Waals surface area contributed by atoms with Crippen LogP contribution in [0.25, 0.3) is 42.4 Å². The van der Waals surface area contributed by atoms with E-state index in [0.717, 1.165) is 45.5 Å². The van der Waals surface area contributed by atoms with E-state index in [1.807, 2.05) is 29.5 Å². The zero-order valence-corrected chi connectivity index (χ0v) is 29.4. The molecule has 2 aliphatic rings. The molecule has 0 aliphatic carbocycles. The highest BCUT2D eigenvalue weighted by molar-refractivity contribution is 7.26. The van der Waals surface area contributed by atoms with Crippen molar-refractivity contribution in [3.8, 4) is 45.3 Å². The molecule has 0 bridgehead atoms. The average Bonchev–Trinajstić information content (AvgIpc) is 3.58. The molecular weight excluding hydrogens is 665 g/mol. The van der Waals surface area contributed by atoms with Crippen LogP contribution in [0.15, 0.2) is 182 Å². The van der Waals surface area contributed by atoms with Crippen LogP contribution in [0.4, 0.5) is 17.1 Å². The van der Waals surface area contributed by atoms with Crippen LogP contribution >= 0.6 is 11.3 Å². The minimum absolute atomic E-state index is 0.0493. The number of ether oxygens (including phenoxy) is 2. The summed E-state index contributed by atoms with van der Waals surface area (Å²) < 4.78 is 15.5. The second-order valence-corrected chi connectivity index (χ2v) is 14.8. The molecule has 0 spiro atoms. The smallest absolute Gasteiger partial charge is 0.260 e. The summed E-state index contributed by atoms with van der Waals surface area (Å²) >= 11 is 1.84. The lowest BCUT2D eigenvalue weighted by Gasteiger charge is -2.32. The molecule has 5 heteroatoms. The molecule has 3 nitrogen and oxygen atoms in total. The van der Waals surface area contributed by atoms with Gasteiger partial charge in [0.15, 0.2) is 0 Å². The zero-order chi connectivity index (χ0) is 34.9. The van der Waals surface area contributed by atoms with Gasteiger partial charge in [0.25, 0.3) is 6.71 Å². The second-order valence-electron chi connectivity index (χ2n) is 13.7. The van der Waals surface area contributed by atoms with Gasteiger partial charge >= 0.3 is 0 Å². The molecule has 0 amide bonds. The Bertz CT molecular complexity index is 2750. The molecular formula is C48H30BNO2S. The van der Waals surface area contributed by atoms with Gasteiger partial charge in [-0.1, -0.05) is 115 Å². The van der Waals surface area contributed by atoms with Crippen molar-refractivity contribution in [1.82, 2.24) is 0 Å². The maximum atomic E-state index is 6.64. The molecule has 0 unspecified atom stereocenters. The van der Waals surface area contributed by atoms with Crippen LogP contribution in [-0.2, 0) is 0 Å². The summed E-state index contributed by atoms with van der Waals surface area (Å²) in [5.41, 5.74) is 11.6. The molecule has 8 aromatic carbocycles. The van der Waals surface area contributed by atoms with E-state index in [-0.39, 0.29) is 6.71 Å². The number of anilines is 3. The van der Waals surface area contributed by atoms with Crippen LogP contribution in [0, 0.1) is 0 Å². The summed E-state index contributed by atoms with van der Waals surface area (Å²) in [6.45, 7) is 0.0493. The van der Waals surface area contributed by atoms with Crippen molar-refractivity contribution in [2.75, 3.05) is 4.90 Å². The first kappa shape index (κ1) is 30.1. The SMILES string of the molecule is c1ccc(-c2ccc(N(c3ccc(-c4ccccc4)cc3)c3ccc4c(c3)sc3cc5c(cc34)Oc3cccc4c3B5c3ccccc3O4)cc2)cc1. The Morgan fingerprint density at radius 2 is 0.906 bits per heavy atom. The van der Waals surface area contributed by atoms with E-state index in [1.54, 1.807) is 0 Å². The minimum Gasteiger partial charge on any atom is -0.458 e. The van der Waals surface area contributed by atoms with Crippen LogP contribution in [0.2, 0.25) is 0 Å². The van der Waals surface area contributed by atoms with Gasteiger partial charge in [0.1, 0.15) is 23.0 Å². The van der Waals surface area contributed by atoms with Crippen LogP contribution < -0.4 is 30.8 Å². The number of thiophene rings is 1. The van der Waals surface area contributed by atoms with E-state index in [4.69, 9.17) is 9.47 Å². The highest BCUT2D eigenvalue weighted by atomic mass is 32.1. The van der Waals surface area contributed by atoms with E-state index in [1.165, 1.54) is 53.4 Å². The highest BCUT2D eigenvalue weighted by Gasteiger charge is 2.40. The van der Waals surface area contributed by atoms with Gasteiger partial charge in [-0.15, -0.1) is 11.3 Å². The fraction of sp³-hybridized carbons (Fsp3) is 0. The summed E-state index contributed by atoms with van der Waals surface area (Å²) in [5.74, 6) is 3.55. The number of hydrogen-bond acceptors (Lipinski definition) is 4. The van der Waals surface area contributed by atoms with Gasteiger partial charge in [0.2, 0.25) is 0 Å². The second kappa shape index (κ2) is 12.0. The van der Waals surface area contributed by atoms with Gasteiger partial charge in [-0.2, -0.15) is 0 Å². The van der Waals surface area contributed by atoms with Gasteiger partial charge in [-0.25, -0.2) is 0 Å². The standard InChI is InChI=1S/C48H30BNO2S/c1-3-10-31(11-4-1)33-18-22-35(23-19-33)50(36-24-20-34(21-25-36)32-12-5-2-6-13-32)37-26-27-38-39-29-45-41(30-47(39)53-46(38)28-37)49-40-14-7-8-15-42(40)51-43-16-9-17-44(52-45)48(43)49/h1-30H. The van der Waals surface area contributed by atoms with Gasteiger partial charge < -0.3 is 14.4 Å². The number of rotatable bonds is 5. The molecule has 2 aliphatic heterocycles. The van der Waals surface area contributed by atoms with Crippen LogP contribution in [-0.4, -0.2) is 6.71 Å². The topological polar surface area (TPSA) is 21.7 Å². The summed E-state index contributed by atoms with van der Waals surface area (Å²) in [4.78, 5) is 2.36. The fourth-order valence-electron chi connectivity index (χ4n) is 8.09. The van der Waals surface area contributed by atoms with Crippen molar-refractivity contribution in [1.29, 1.82) is 0 Å². The molecule has 0 radical (unpaired) electrons. The van der Waals surface area contributed by atoms with Crippen LogP contribution in [0.3, 0.4) is 0 Å². The molecule has 11 rings (SSSR count). The molecule has 0 N–H and O–H groups in total. The molecule has 53 heavy (non-hydrogen) atoms. The Hall–Kier alpha value is -6.56. The summed E-state index contributed by atoms with van der Waals surface area (Å²) in [7, 11) is 0. The molecule has 248 valence electrons. The Morgan fingerprint density at radius 3 is 1.57 bits per heavy atom. The van der Waals surface area contributed by atoms with Gasteiger partial charge in [0, 0.05) is 42.7 Å². The van der Waals surface area contributed by atoms with Crippen molar-refractivity contribution >= 4 is 71.7 Å². The maximum absolute atomic E-state index is 6.64. The predicted molar refractivity (Wildman–Crippen MR) is 223 cm³/mol. The van der Waals surface area contributed by atoms with Crippen molar-refractivity contribution in [3.05, 3.63) is 182 Å². The summed E-state index contributed by atoms with van der Waals surface area (Å²) in [6.07, 6.45) is 0. The van der Waals surface area contributed by atoms with Crippen LogP contribution in [0.1, 0.15) is 0 Å². The monoisotopic (exact) mass is 695 g/mol. The lowest BCUT2D eigenvalue weighted by Crippen LogP contribution is -2.57. The van der Waals surface area contributed by atoms with Crippen molar-refractivity contribution in [2.45, 2.75) is 0 Å². The highest BCUT2D eigenvalue weighted by Crippen LogP contribution is 2.43. The Labute approximate surface area is 312 Å². The Morgan fingerprint density at radius 1 is 0.377 bits per heavy atom. The third-order valence-electron chi connectivity index (χ3n) is 10.6. The number of benzene rings is 8. The van der Waals surface area contributed by atoms with E-state index in [9.17, 15) is 0 Å². The molecule has 3 heterocycles. The van der Waals surface area contributed by atoms with E-state index < -0.39 is 0 Å². The zero-order valence-electron chi connectivity index (χ0n) is 28.6. The third-order valence-corrected chi connectivity index (χ3v) is 11.7. The summed E-state index contributed by atoms with van der Waals surface area (Å²) in [5, 5.41) is 2.44. The minimum atomic E-state index is 0.0493. The molecule has 0 saturated carbocycles. The molecule has 1 aromatic heterocycles. The Kier molecular flexibility index (Phi) is 6.82. The van der Waals surface area contributed by atoms with E-state index in [2.05, 4.69) is 169 Å². The largest absolute Gasteiger partial charge is 0.458 e.